The van der Waals surface area contributed by atoms with Crippen molar-refractivity contribution >= 4 is 46.7 Å². The van der Waals surface area contributed by atoms with Crippen LogP contribution in [0.15, 0.2) is 236 Å². The van der Waals surface area contributed by atoms with Crippen molar-refractivity contribution in [2.24, 2.45) is 0 Å². The molecule has 0 radical (unpaired) electrons. The summed E-state index contributed by atoms with van der Waals surface area (Å²) in [6.07, 6.45) is 14.8. The summed E-state index contributed by atoms with van der Waals surface area (Å²) in [5, 5.41) is 0. The predicted molar refractivity (Wildman–Crippen MR) is 238 cm³/mol. The largest absolute Gasteiger partial charge is 0.311 e. The summed E-state index contributed by atoms with van der Waals surface area (Å²) in [7, 11) is 0. The van der Waals surface area contributed by atoms with Crippen molar-refractivity contribution in [1.29, 1.82) is 0 Å². The highest BCUT2D eigenvalue weighted by molar-refractivity contribution is 5.78. The lowest BCUT2D eigenvalue weighted by atomic mass is 10.0. The highest BCUT2D eigenvalue weighted by Crippen LogP contribution is 2.34. The number of hydrogen-bond donors (Lipinski definition) is 0. The molecule has 0 N–H and O–H groups in total. The van der Waals surface area contributed by atoms with Gasteiger partial charge in [-0.2, -0.15) is 0 Å². The average Bonchev–Trinajstić information content (AvgIpc) is 3.26. The molecule has 2 nitrogen and oxygen atoms in total. The Bertz CT molecular complexity index is 2310. The monoisotopic (exact) mass is 708 g/mol. The third-order valence-corrected chi connectivity index (χ3v) is 9.34. The molecule has 0 saturated carbocycles. The van der Waals surface area contributed by atoms with E-state index < -0.39 is 0 Å². The number of nitrogens with zero attached hydrogens (tertiary/aromatic N) is 2. The van der Waals surface area contributed by atoms with Crippen molar-refractivity contribution in [3.8, 4) is 11.1 Å². The minimum atomic E-state index is 0.922. The lowest BCUT2D eigenvalue weighted by Crippen LogP contribution is -2.14. The molecule has 0 atom stereocenters. The summed E-state index contributed by atoms with van der Waals surface area (Å²) in [5.41, 5.74) is 13.4. The van der Waals surface area contributed by atoms with E-state index in [4.69, 9.17) is 0 Å². The van der Waals surface area contributed by atoms with E-state index in [0.29, 0.717) is 0 Å². The maximum Gasteiger partial charge on any atom is 0.0462 e. The summed E-state index contributed by atoms with van der Waals surface area (Å²) < 4.78 is 0. The van der Waals surface area contributed by atoms with Crippen LogP contribution in [-0.2, 0) is 0 Å². The number of hydrogen-bond acceptors (Lipinski definition) is 2. The molecule has 7 rings (SSSR count). The fraction of sp³-hybridized carbons (Fsp3) is 0.0189. The molecule has 0 bridgehead atoms. The maximum absolute atomic E-state index is 4.30. The van der Waals surface area contributed by atoms with Gasteiger partial charge in [-0.05, 0) is 107 Å². The minimum Gasteiger partial charge on any atom is -0.311 e. The lowest BCUT2D eigenvalue weighted by Gasteiger charge is -2.26. The topological polar surface area (TPSA) is 6.48 Å². The van der Waals surface area contributed by atoms with Gasteiger partial charge in [-0.15, -0.1) is 0 Å². The van der Waals surface area contributed by atoms with Gasteiger partial charge in [0.15, 0.2) is 0 Å². The Morgan fingerprint density at radius 3 is 1.16 bits per heavy atom. The van der Waals surface area contributed by atoms with E-state index in [1.165, 1.54) is 11.1 Å². The zero-order valence-corrected chi connectivity index (χ0v) is 31.1. The molecule has 55 heavy (non-hydrogen) atoms. The fourth-order valence-corrected chi connectivity index (χ4v) is 6.45. The molecular formula is C53H44N2. The molecule has 0 fully saturated rings. The molecule has 0 aliphatic rings. The van der Waals surface area contributed by atoms with Crippen LogP contribution in [0.25, 0.3) is 29.4 Å². The number of allylic oxidation sites excluding steroid dienone is 5. The fourth-order valence-electron chi connectivity index (χ4n) is 6.45. The molecule has 2 heteroatoms. The molecule has 0 heterocycles. The van der Waals surface area contributed by atoms with Crippen LogP contribution < -0.4 is 9.80 Å². The van der Waals surface area contributed by atoms with Crippen LogP contribution in [0.3, 0.4) is 0 Å². The second-order valence-electron chi connectivity index (χ2n) is 13.1. The van der Waals surface area contributed by atoms with Gasteiger partial charge in [-0.3, -0.25) is 0 Å². The van der Waals surface area contributed by atoms with Crippen LogP contribution in [0.5, 0.6) is 0 Å². The molecule has 0 saturated heterocycles. The third-order valence-electron chi connectivity index (χ3n) is 9.34. The Balaban J connectivity index is 0.967. The Morgan fingerprint density at radius 1 is 0.382 bits per heavy atom. The van der Waals surface area contributed by atoms with Gasteiger partial charge < -0.3 is 9.80 Å². The molecule has 7 aromatic rings. The number of benzene rings is 7. The molecule has 0 spiro atoms. The van der Waals surface area contributed by atoms with Gasteiger partial charge in [0.05, 0.1) is 0 Å². The van der Waals surface area contributed by atoms with E-state index in [1.54, 1.807) is 0 Å². The Hall–Kier alpha value is -7.16. The van der Waals surface area contributed by atoms with Gasteiger partial charge in [0.2, 0.25) is 0 Å². The molecular weight excluding hydrogens is 665 g/mol. The van der Waals surface area contributed by atoms with E-state index >= 15 is 0 Å². The summed E-state index contributed by atoms with van der Waals surface area (Å²) in [5.74, 6) is 0. The highest BCUT2D eigenvalue weighted by atomic mass is 15.1. The van der Waals surface area contributed by atoms with Crippen LogP contribution >= 0.6 is 0 Å². The Kier molecular flexibility index (Phi) is 11.9. The third kappa shape index (κ3) is 9.45. The van der Waals surface area contributed by atoms with Crippen molar-refractivity contribution in [2.75, 3.05) is 9.80 Å². The number of para-hydroxylation sites is 4. The van der Waals surface area contributed by atoms with Gasteiger partial charge in [0.1, 0.15) is 0 Å². The van der Waals surface area contributed by atoms with Gasteiger partial charge in [0, 0.05) is 34.1 Å². The predicted octanol–water partition coefficient (Wildman–Crippen LogP) is 14.9. The molecule has 7 aromatic carbocycles. The zero-order chi connectivity index (χ0) is 37.7. The summed E-state index contributed by atoms with van der Waals surface area (Å²) in [4.78, 5) is 4.53. The van der Waals surface area contributed by atoms with Crippen LogP contribution in [0.4, 0.5) is 28.4 Å². The summed E-state index contributed by atoms with van der Waals surface area (Å²) >= 11 is 0. The quantitative estimate of drug-likeness (QED) is 0.0869. The van der Waals surface area contributed by atoms with Crippen molar-refractivity contribution in [3.63, 3.8) is 0 Å². The van der Waals surface area contributed by atoms with Crippen molar-refractivity contribution in [3.05, 3.63) is 253 Å². The van der Waals surface area contributed by atoms with Crippen LogP contribution in [0, 0.1) is 0 Å². The van der Waals surface area contributed by atoms with Gasteiger partial charge >= 0.3 is 0 Å². The second kappa shape index (κ2) is 18.1. The van der Waals surface area contributed by atoms with Gasteiger partial charge in [-0.1, -0.05) is 176 Å². The Labute approximate surface area is 326 Å². The molecule has 0 aliphatic carbocycles. The first-order valence-electron chi connectivity index (χ1n) is 18.7. The standard InChI is InChI=1S/C53H44N2/c1-3-48(54(49-16-8-4-9-17-49)50-18-10-5-11-19-50)39-25-42(2)24-26-43-29-35-46(36-30-43)47-37-31-44(32-38-47)27-28-45-33-40-53(41-34-45)55(51-20-12-6-13-21-51)52-22-14-7-15-23-52/h3-41H,2H2,1H3/b26-24?,28-27?,39-25-,48-3+. The normalized spacial score (nSPS) is 11.7. The van der Waals surface area contributed by atoms with Crippen molar-refractivity contribution in [2.45, 2.75) is 6.92 Å². The van der Waals surface area contributed by atoms with Crippen molar-refractivity contribution in [1.82, 2.24) is 0 Å². The Morgan fingerprint density at radius 2 is 0.745 bits per heavy atom. The SMILES string of the molecule is C=C(C=Cc1ccc(-c2ccc(C=Cc3ccc(N(c4ccccc4)c4ccccc4)cc3)cc2)cc1)/C=C\C(=C/C)N(c1ccccc1)c1ccccc1. The van der Waals surface area contributed by atoms with Crippen LogP contribution in [0.2, 0.25) is 0 Å². The van der Waals surface area contributed by atoms with E-state index in [2.05, 4.69) is 236 Å². The number of rotatable bonds is 13. The van der Waals surface area contributed by atoms with Gasteiger partial charge in [-0.25, -0.2) is 0 Å². The molecule has 0 unspecified atom stereocenters. The van der Waals surface area contributed by atoms with E-state index in [9.17, 15) is 0 Å². The maximum atomic E-state index is 4.30. The first-order valence-corrected chi connectivity index (χ1v) is 18.7. The second-order valence-corrected chi connectivity index (χ2v) is 13.1. The molecule has 0 aliphatic heterocycles. The molecule has 266 valence electrons. The average molecular weight is 709 g/mol. The lowest BCUT2D eigenvalue weighted by molar-refractivity contribution is 1.20. The smallest absolute Gasteiger partial charge is 0.0462 e. The van der Waals surface area contributed by atoms with Crippen molar-refractivity contribution < 1.29 is 0 Å². The minimum absolute atomic E-state index is 0.922. The molecule has 0 amide bonds. The highest BCUT2D eigenvalue weighted by Gasteiger charge is 2.13. The number of anilines is 5. The summed E-state index contributed by atoms with van der Waals surface area (Å²) in [6.45, 7) is 6.36. The van der Waals surface area contributed by atoms with Gasteiger partial charge in [0.25, 0.3) is 0 Å². The van der Waals surface area contributed by atoms with E-state index in [0.717, 1.165) is 56.4 Å². The van der Waals surface area contributed by atoms with E-state index in [1.807, 2.05) is 24.3 Å². The summed E-state index contributed by atoms with van der Waals surface area (Å²) in [6, 6.07) is 67.9. The zero-order valence-electron chi connectivity index (χ0n) is 31.1. The molecule has 0 aromatic heterocycles. The van der Waals surface area contributed by atoms with Crippen LogP contribution in [-0.4, -0.2) is 0 Å². The first-order chi connectivity index (χ1) is 27.1. The van der Waals surface area contributed by atoms with E-state index in [-0.39, 0.29) is 0 Å². The first kappa shape index (κ1) is 36.2. The van der Waals surface area contributed by atoms with Crippen LogP contribution in [0.1, 0.15) is 23.6 Å².